The number of nitrogens with two attached hydrogens (primary N) is 1. The molecule has 4 aromatic rings. The number of aryl methyl sites for hydroxylation is 1. The van der Waals surface area contributed by atoms with E-state index in [1.54, 1.807) is 37.3 Å². The van der Waals surface area contributed by atoms with Crippen LogP contribution in [0.3, 0.4) is 0 Å². The molecule has 0 radical (unpaired) electrons. The first-order valence-electron chi connectivity index (χ1n) is 12.4. The van der Waals surface area contributed by atoms with E-state index in [1.165, 1.54) is 23.6 Å². The summed E-state index contributed by atoms with van der Waals surface area (Å²) in [5.41, 5.74) is 9.80. The van der Waals surface area contributed by atoms with Gasteiger partial charge < -0.3 is 21.5 Å². The molecule has 1 aromatic heterocycles. The molecule has 0 spiro atoms. The van der Waals surface area contributed by atoms with Gasteiger partial charge in [0.15, 0.2) is 0 Å². The summed E-state index contributed by atoms with van der Waals surface area (Å²) >= 11 is 0. The lowest BCUT2D eigenvalue weighted by molar-refractivity contribution is 0.101. The highest BCUT2D eigenvalue weighted by Gasteiger charge is 2.25. The van der Waals surface area contributed by atoms with Gasteiger partial charge in [0, 0.05) is 12.1 Å². The fourth-order valence-electron chi connectivity index (χ4n) is 4.42. The van der Waals surface area contributed by atoms with Gasteiger partial charge in [0.25, 0.3) is 5.91 Å². The van der Waals surface area contributed by atoms with Crippen LogP contribution < -0.4 is 16.4 Å². The van der Waals surface area contributed by atoms with Gasteiger partial charge >= 0.3 is 0 Å². The van der Waals surface area contributed by atoms with Gasteiger partial charge in [-0.25, -0.2) is 9.07 Å². The molecular weight excluding hydrogens is 469 g/mol. The first kappa shape index (κ1) is 24.7. The molecule has 1 aliphatic carbocycles. The molecule has 0 aliphatic heterocycles. The Morgan fingerprint density at radius 2 is 1.95 bits per heavy atom. The molecule has 0 bridgehead atoms. The zero-order valence-corrected chi connectivity index (χ0v) is 20.6. The Kier molecular flexibility index (Phi) is 7.03. The van der Waals surface area contributed by atoms with Crippen molar-refractivity contribution in [2.24, 2.45) is 11.7 Å². The summed E-state index contributed by atoms with van der Waals surface area (Å²) in [6.45, 7) is 2.95. The third-order valence-corrected chi connectivity index (χ3v) is 6.58. The summed E-state index contributed by atoms with van der Waals surface area (Å²) in [7, 11) is 0. The van der Waals surface area contributed by atoms with E-state index >= 15 is 0 Å². The standard InChI is InChI=1S/C29H30FN5O2/c1-18-13-26(35(34-18)22-6-4-5-20(14-22)16-31)29(37)33-25-15-21(11-12-24(25)30)28(32-17-19-9-10-19)23-7-2-3-8-27(23)36/h2-8,11-15,19,28,32,36H,9-10,16-17,31H2,1H3,(H,33,37). The van der Waals surface area contributed by atoms with E-state index in [1.807, 2.05) is 36.4 Å². The van der Waals surface area contributed by atoms with E-state index in [-0.39, 0.29) is 23.2 Å². The Morgan fingerprint density at radius 3 is 2.70 bits per heavy atom. The van der Waals surface area contributed by atoms with Crippen LogP contribution in [0, 0.1) is 18.7 Å². The maximum absolute atomic E-state index is 14.9. The molecular formula is C29H30FN5O2. The number of carbonyl (C=O) groups excluding carboxylic acids is 1. The average Bonchev–Trinajstić information content (AvgIpc) is 3.65. The Bertz CT molecular complexity index is 1430. The van der Waals surface area contributed by atoms with Gasteiger partial charge in [-0.1, -0.05) is 36.4 Å². The van der Waals surface area contributed by atoms with Crippen LogP contribution in [-0.4, -0.2) is 27.3 Å². The van der Waals surface area contributed by atoms with E-state index in [4.69, 9.17) is 5.73 Å². The maximum Gasteiger partial charge on any atom is 0.274 e. The van der Waals surface area contributed by atoms with Gasteiger partial charge in [-0.15, -0.1) is 0 Å². The van der Waals surface area contributed by atoms with Crippen LogP contribution in [0.25, 0.3) is 5.69 Å². The van der Waals surface area contributed by atoms with Gasteiger partial charge in [0.2, 0.25) is 0 Å². The molecule has 1 atom stereocenters. The summed E-state index contributed by atoms with van der Waals surface area (Å²) in [4.78, 5) is 13.3. The van der Waals surface area contributed by atoms with Crippen LogP contribution in [0.2, 0.25) is 0 Å². The quantitative estimate of drug-likeness (QED) is 0.264. The molecule has 190 valence electrons. The second kappa shape index (κ2) is 10.5. The number of phenols is 1. The fraction of sp³-hybridized carbons (Fsp3) is 0.241. The molecule has 3 aromatic carbocycles. The van der Waals surface area contributed by atoms with Crippen LogP contribution >= 0.6 is 0 Å². The number of hydrogen-bond donors (Lipinski definition) is 4. The Balaban J connectivity index is 1.45. The number of nitrogens with zero attached hydrogens (tertiary/aromatic N) is 2. The molecule has 1 saturated carbocycles. The molecule has 1 amide bonds. The normalized spacial score (nSPS) is 13.9. The molecule has 1 unspecified atom stereocenters. The van der Waals surface area contributed by atoms with Gasteiger partial charge in [0.05, 0.1) is 23.1 Å². The molecule has 1 heterocycles. The SMILES string of the molecule is Cc1cc(C(=O)Nc2cc(C(NCC3CC3)c3ccccc3O)ccc2F)n(-c2cccc(CN)c2)n1. The molecule has 8 heteroatoms. The number of halogens is 1. The second-order valence-electron chi connectivity index (χ2n) is 9.49. The fourth-order valence-corrected chi connectivity index (χ4v) is 4.42. The predicted molar refractivity (Wildman–Crippen MR) is 141 cm³/mol. The number of rotatable bonds is 9. The van der Waals surface area contributed by atoms with E-state index in [0.29, 0.717) is 29.4 Å². The lowest BCUT2D eigenvalue weighted by atomic mass is 9.97. The van der Waals surface area contributed by atoms with Crippen molar-refractivity contribution >= 4 is 11.6 Å². The van der Waals surface area contributed by atoms with Gasteiger partial charge in [0.1, 0.15) is 17.3 Å². The molecule has 5 rings (SSSR count). The molecule has 1 fully saturated rings. The van der Waals surface area contributed by atoms with Crippen LogP contribution in [0.4, 0.5) is 10.1 Å². The average molecular weight is 500 g/mol. The van der Waals surface area contributed by atoms with E-state index in [9.17, 15) is 14.3 Å². The number of aromatic nitrogens is 2. The van der Waals surface area contributed by atoms with Crippen molar-refractivity contribution in [2.45, 2.75) is 32.4 Å². The van der Waals surface area contributed by atoms with Crippen molar-refractivity contribution < 1.29 is 14.3 Å². The van der Waals surface area contributed by atoms with Crippen molar-refractivity contribution in [1.29, 1.82) is 0 Å². The predicted octanol–water partition coefficient (Wildman–Crippen LogP) is 4.83. The number of anilines is 1. The van der Waals surface area contributed by atoms with Crippen molar-refractivity contribution in [3.05, 3.63) is 107 Å². The lowest BCUT2D eigenvalue weighted by Crippen LogP contribution is -2.25. The highest BCUT2D eigenvalue weighted by Crippen LogP contribution is 2.34. The van der Waals surface area contributed by atoms with Crippen molar-refractivity contribution in [3.8, 4) is 11.4 Å². The highest BCUT2D eigenvalue weighted by atomic mass is 19.1. The number of benzene rings is 3. The molecule has 7 nitrogen and oxygen atoms in total. The second-order valence-corrected chi connectivity index (χ2v) is 9.49. The monoisotopic (exact) mass is 499 g/mol. The summed E-state index contributed by atoms with van der Waals surface area (Å²) < 4.78 is 16.5. The van der Waals surface area contributed by atoms with E-state index < -0.39 is 11.7 Å². The van der Waals surface area contributed by atoms with Crippen LogP contribution in [-0.2, 0) is 6.54 Å². The molecule has 5 N–H and O–H groups in total. The number of nitrogens with one attached hydrogen (secondary N) is 2. The topological polar surface area (TPSA) is 105 Å². The largest absolute Gasteiger partial charge is 0.508 e. The third kappa shape index (κ3) is 5.55. The Morgan fingerprint density at radius 1 is 1.14 bits per heavy atom. The number of para-hydroxylation sites is 1. The maximum atomic E-state index is 14.9. The van der Waals surface area contributed by atoms with Gasteiger partial charge in [-0.2, -0.15) is 5.10 Å². The van der Waals surface area contributed by atoms with Crippen molar-refractivity contribution in [3.63, 3.8) is 0 Å². The Hall–Kier alpha value is -4.01. The summed E-state index contributed by atoms with van der Waals surface area (Å²) in [6.07, 6.45) is 2.35. The first-order valence-corrected chi connectivity index (χ1v) is 12.4. The van der Waals surface area contributed by atoms with E-state index in [0.717, 1.165) is 17.7 Å². The number of amides is 1. The zero-order valence-electron chi connectivity index (χ0n) is 20.6. The third-order valence-electron chi connectivity index (χ3n) is 6.58. The van der Waals surface area contributed by atoms with Crippen LogP contribution in [0.1, 0.15) is 51.8 Å². The first-order chi connectivity index (χ1) is 17.9. The van der Waals surface area contributed by atoms with Crippen molar-refractivity contribution in [1.82, 2.24) is 15.1 Å². The molecule has 1 aliphatic rings. The number of carbonyl (C=O) groups is 1. The van der Waals surface area contributed by atoms with Crippen molar-refractivity contribution in [2.75, 3.05) is 11.9 Å². The number of phenolic OH excluding ortho intramolecular Hbond substituents is 1. The van der Waals surface area contributed by atoms with E-state index in [2.05, 4.69) is 15.7 Å². The zero-order chi connectivity index (χ0) is 25.9. The molecule has 37 heavy (non-hydrogen) atoms. The minimum absolute atomic E-state index is 0.0530. The number of aromatic hydroxyl groups is 1. The minimum atomic E-state index is -0.553. The van der Waals surface area contributed by atoms with Crippen LogP contribution in [0.15, 0.2) is 72.8 Å². The van der Waals surface area contributed by atoms with Gasteiger partial charge in [-0.05, 0) is 79.8 Å². The summed E-state index contributed by atoms with van der Waals surface area (Å²) in [5, 5.41) is 21.2. The lowest BCUT2D eigenvalue weighted by Gasteiger charge is -2.22. The van der Waals surface area contributed by atoms with Crippen LogP contribution in [0.5, 0.6) is 5.75 Å². The minimum Gasteiger partial charge on any atom is -0.508 e. The molecule has 0 saturated heterocycles. The van der Waals surface area contributed by atoms with Gasteiger partial charge in [-0.3, -0.25) is 4.79 Å². The smallest absolute Gasteiger partial charge is 0.274 e. The summed E-state index contributed by atoms with van der Waals surface area (Å²) in [5.74, 6) is -0.276. The summed E-state index contributed by atoms with van der Waals surface area (Å²) in [6, 6.07) is 20.5. The number of hydrogen-bond acceptors (Lipinski definition) is 5. The highest BCUT2D eigenvalue weighted by molar-refractivity contribution is 6.03. The Labute approximate surface area is 215 Å².